The molecule has 0 amide bonds. The summed E-state index contributed by atoms with van der Waals surface area (Å²) in [4.78, 5) is 35.9. The third kappa shape index (κ3) is 7.21. The zero-order valence-electron chi connectivity index (χ0n) is 20.8. The number of para-hydroxylation sites is 1. The average molecular weight is 539 g/mol. The standard InChI is InChI=1S/C23H26N4O2S.C4H4O4/c28-23-26(12-6-11-25-13-15-29-16-14-25)24-22-17-21(18-7-2-1-3-8-18)30-20-10-5-4-9-19(20)27(22)23;5-3(6)1-2-4(7)8/h1-5,7-10,21H,6,11-17H2;1-2H,(H,5,6)(H,7,8)/b;2-1+. The number of aromatic nitrogens is 3. The number of nitrogens with zero attached hydrogens (tertiary/aromatic N) is 4. The van der Waals surface area contributed by atoms with Crippen LogP contribution in [0.3, 0.4) is 0 Å². The monoisotopic (exact) mass is 538 g/mol. The predicted molar refractivity (Wildman–Crippen MR) is 143 cm³/mol. The molecule has 2 aliphatic heterocycles. The van der Waals surface area contributed by atoms with Gasteiger partial charge < -0.3 is 14.9 Å². The van der Waals surface area contributed by atoms with Crippen LogP contribution in [0.2, 0.25) is 0 Å². The van der Waals surface area contributed by atoms with E-state index in [4.69, 9.17) is 20.0 Å². The first-order valence-corrected chi connectivity index (χ1v) is 13.2. The van der Waals surface area contributed by atoms with Crippen molar-refractivity contribution in [2.45, 2.75) is 29.5 Å². The van der Waals surface area contributed by atoms with Crippen LogP contribution < -0.4 is 5.69 Å². The topological polar surface area (TPSA) is 127 Å². The molecule has 5 rings (SSSR count). The van der Waals surface area contributed by atoms with Gasteiger partial charge in [0.25, 0.3) is 0 Å². The minimum absolute atomic E-state index is 0.0336. The third-order valence-corrected chi connectivity index (χ3v) is 7.46. The smallest absolute Gasteiger partial charge is 0.350 e. The maximum absolute atomic E-state index is 13.3. The van der Waals surface area contributed by atoms with E-state index < -0.39 is 11.9 Å². The number of carboxylic acid groups (broad SMARTS) is 2. The average Bonchev–Trinajstić information content (AvgIpc) is 3.12. The lowest BCUT2D eigenvalue weighted by molar-refractivity contribution is -0.134. The van der Waals surface area contributed by atoms with E-state index >= 15 is 0 Å². The number of ether oxygens (including phenoxy) is 1. The first-order valence-electron chi connectivity index (χ1n) is 12.4. The van der Waals surface area contributed by atoms with E-state index in [0.717, 1.165) is 62.1 Å². The Kier molecular flexibility index (Phi) is 9.52. The van der Waals surface area contributed by atoms with Crippen LogP contribution in [0.25, 0.3) is 5.69 Å². The highest BCUT2D eigenvalue weighted by Crippen LogP contribution is 2.42. The maximum Gasteiger partial charge on any atom is 0.350 e. The molecule has 2 aliphatic rings. The number of hydrogen-bond acceptors (Lipinski definition) is 7. The van der Waals surface area contributed by atoms with Gasteiger partial charge in [0.05, 0.1) is 18.9 Å². The summed E-state index contributed by atoms with van der Waals surface area (Å²) in [7, 11) is 0. The van der Waals surface area contributed by atoms with Crippen LogP contribution in [0, 0.1) is 0 Å². The van der Waals surface area contributed by atoms with Gasteiger partial charge >= 0.3 is 17.6 Å². The summed E-state index contributed by atoms with van der Waals surface area (Å²) < 4.78 is 8.89. The van der Waals surface area contributed by atoms with Gasteiger partial charge in [0.15, 0.2) is 0 Å². The largest absolute Gasteiger partial charge is 0.478 e. The van der Waals surface area contributed by atoms with Gasteiger partial charge in [0, 0.05) is 54.9 Å². The number of carbonyl (C=O) groups is 2. The summed E-state index contributed by atoms with van der Waals surface area (Å²) in [6.45, 7) is 5.15. The minimum atomic E-state index is -1.26. The van der Waals surface area contributed by atoms with E-state index in [1.165, 1.54) is 5.56 Å². The fraction of sp³-hybridized carbons (Fsp3) is 0.333. The van der Waals surface area contributed by atoms with Gasteiger partial charge in [0.2, 0.25) is 0 Å². The summed E-state index contributed by atoms with van der Waals surface area (Å²) in [6, 6.07) is 18.7. The molecule has 3 aromatic rings. The summed E-state index contributed by atoms with van der Waals surface area (Å²) in [6.07, 6.45) is 2.76. The molecular formula is C27H30N4O6S. The first-order chi connectivity index (χ1) is 18.4. The van der Waals surface area contributed by atoms with E-state index in [0.29, 0.717) is 18.7 Å². The zero-order valence-corrected chi connectivity index (χ0v) is 21.6. The number of aryl methyl sites for hydroxylation is 1. The van der Waals surface area contributed by atoms with Crippen molar-refractivity contribution in [3.8, 4) is 5.69 Å². The summed E-state index contributed by atoms with van der Waals surface area (Å²) >= 11 is 1.82. The number of morpholine rings is 1. The van der Waals surface area contributed by atoms with Gasteiger partial charge in [0.1, 0.15) is 5.82 Å². The van der Waals surface area contributed by atoms with Crippen LogP contribution in [-0.2, 0) is 27.3 Å². The van der Waals surface area contributed by atoms with Gasteiger partial charge in [-0.15, -0.1) is 11.8 Å². The Balaban J connectivity index is 0.000000368. The van der Waals surface area contributed by atoms with Gasteiger partial charge in [-0.3, -0.25) is 4.90 Å². The maximum atomic E-state index is 13.3. The molecule has 38 heavy (non-hydrogen) atoms. The Hall–Kier alpha value is -3.67. The second-order valence-electron chi connectivity index (χ2n) is 8.76. The van der Waals surface area contributed by atoms with Crippen molar-refractivity contribution in [1.82, 2.24) is 19.2 Å². The molecule has 1 atom stereocenters. The van der Waals surface area contributed by atoms with Crippen molar-refractivity contribution in [2.24, 2.45) is 0 Å². The molecule has 1 aromatic heterocycles. The van der Waals surface area contributed by atoms with Crippen molar-refractivity contribution in [3.05, 3.63) is 88.6 Å². The molecule has 200 valence electrons. The summed E-state index contributed by atoms with van der Waals surface area (Å²) in [5, 5.41) is 20.6. The molecule has 1 unspecified atom stereocenters. The predicted octanol–water partition coefficient (Wildman–Crippen LogP) is 2.86. The number of aliphatic carboxylic acids is 2. The number of hydrogen-bond donors (Lipinski definition) is 2. The Morgan fingerprint density at radius 2 is 1.63 bits per heavy atom. The van der Waals surface area contributed by atoms with E-state index in [2.05, 4.69) is 35.2 Å². The fourth-order valence-corrected chi connectivity index (χ4v) is 5.61. The second kappa shape index (κ2) is 13.2. The molecule has 2 aromatic carbocycles. The SMILES string of the molecule is O=C(O)/C=C/C(=O)O.O=c1n(CCCN2CCOCC2)nc2n1-c1ccccc1SC(c1ccccc1)C2. The highest BCUT2D eigenvalue weighted by atomic mass is 32.2. The molecule has 0 saturated carbocycles. The van der Waals surface area contributed by atoms with E-state index in [-0.39, 0.29) is 10.9 Å². The zero-order chi connectivity index (χ0) is 26.9. The van der Waals surface area contributed by atoms with Crippen molar-refractivity contribution < 1.29 is 24.5 Å². The van der Waals surface area contributed by atoms with E-state index in [1.54, 1.807) is 4.68 Å². The van der Waals surface area contributed by atoms with Crippen LogP contribution in [0.1, 0.15) is 23.1 Å². The summed E-state index contributed by atoms with van der Waals surface area (Å²) in [5.41, 5.74) is 2.18. The van der Waals surface area contributed by atoms with Crippen molar-refractivity contribution in [1.29, 1.82) is 0 Å². The van der Waals surface area contributed by atoms with Crippen LogP contribution in [0.4, 0.5) is 0 Å². The molecular weight excluding hydrogens is 508 g/mol. The minimum Gasteiger partial charge on any atom is -0.478 e. The van der Waals surface area contributed by atoms with Crippen molar-refractivity contribution in [2.75, 3.05) is 32.8 Å². The molecule has 2 N–H and O–H groups in total. The third-order valence-electron chi connectivity index (χ3n) is 6.14. The van der Waals surface area contributed by atoms with Gasteiger partial charge in [-0.05, 0) is 24.1 Å². The lowest BCUT2D eigenvalue weighted by atomic mass is 10.1. The Labute approximate surface area is 224 Å². The second-order valence-corrected chi connectivity index (χ2v) is 10.0. The van der Waals surface area contributed by atoms with Crippen LogP contribution in [0.15, 0.2) is 76.4 Å². The number of rotatable bonds is 7. The van der Waals surface area contributed by atoms with Crippen molar-refractivity contribution in [3.63, 3.8) is 0 Å². The Bertz CT molecular complexity index is 1310. The Morgan fingerprint density at radius 1 is 0.974 bits per heavy atom. The Morgan fingerprint density at radius 3 is 2.32 bits per heavy atom. The molecule has 3 heterocycles. The molecule has 10 nitrogen and oxygen atoms in total. The molecule has 0 bridgehead atoms. The van der Waals surface area contributed by atoms with E-state index in [1.807, 2.05) is 40.6 Å². The lowest BCUT2D eigenvalue weighted by Crippen LogP contribution is -2.37. The molecule has 0 spiro atoms. The van der Waals surface area contributed by atoms with Crippen molar-refractivity contribution >= 4 is 23.7 Å². The van der Waals surface area contributed by atoms with Crippen LogP contribution in [-0.4, -0.2) is 74.2 Å². The highest BCUT2D eigenvalue weighted by Gasteiger charge is 2.27. The molecule has 0 aliphatic carbocycles. The van der Waals surface area contributed by atoms with Gasteiger partial charge in [-0.1, -0.05) is 42.5 Å². The number of benzene rings is 2. The number of fused-ring (bicyclic) bond motifs is 3. The summed E-state index contributed by atoms with van der Waals surface area (Å²) in [5.74, 6) is -1.67. The number of carboxylic acids is 2. The fourth-order valence-electron chi connectivity index (χ4n) is 4.34. The van der Waals surface area contributed by atoms with E-state index in [9.17, 15) is 14.4 Å². The number of thioether (sulfide) groups is 1. The van der Waals surface area contributed by atoms with Gasteiger partial charge in [-0.2, -0.15) is 5.10 Å². The molecule has 1 fully saturated rings. The lowest BCUT2D eigenvalue weighted by Gasteiger charge is -2.26. The van der Waals surface area contributed by atoms with Gasteiger partial charge in [-0.25, -0.2) is 23.6 Å². The molecule has 0 radical (unpaired) electrons. The highest BCUT2D eigenvalue weighted by molar-refractivity contribution is 7.99. The molecule has 1 saturated heterocycles. The van der Waals surface area contributed by atoms with Crippen LogP contribution in [0.5, 0.6) is 0 Å². The molecule has 11 heteroatoms. The quantitative estimate of drug-likeness (QED) is 0.437. The normalized spacial score (nSPS) is 17.1. The first kappa shape index (κ1) is 27.4. The van der Waals surface area contributed by atoms with Crippen LogP contribution >= 0.6 is 11.8 Å².